The van der Waals surface area contributed by atoms with Crippen molar-refractivity contribution >= 4 is 7.59 Å². The third-order valence-electron chi connectivity index (χ3n) is 5.09. The molecule has 0 radical (unpaired) electrons. The van der Waals surface area contributed by atoms with E-state index in [4.69, 9.17) is 0 Å². The minimum Gasteiger partial charge on any atom is -0.378 e. The monoisotopic (exact) mass is 401 g/mol. The van der Waals surface area contributed by atoms with Crippen molar-refractivity contribution in [3.05, 3.63) is 83.9 Å². The smallest absolute Gasteiger partial charge is 0.286 e. The van der Waals surface area contributed by atoms with Gasteiger partial charge in [-0.2, -0.15) is 0 Å². The van der Waals surface area contributed by atoms with E-state index in [2.05, 4.69) is 0 Å². The van der Waals surface area contributed by atoms with Crippen LogP contribution in [0.25, 0.3) is 0 Å². The Morgan fingerprint density at radius 2 is 1.25 bits per heavy atom. The van der Waals surface area contributed by atoms with E-state index in [1.54, 1.807) is 42.2 Å². The summed E-state index contributed by atoms with van der Waals surface area (Å²) in [6, 6.07) is 18.6. The summed E-state index contributed by atoms with van der Waals surface area (Å²) in [6.45, 7) is 1.91. The summed E-state index contributed by atoms with van der Waals surface area (Å²) in [5.41, 5.74) is 0.117. The molecule has 1 unspecified atom stereocenters. The first kappa shape index (κ1) is 22.5. The molecule has 0 bridgehead atoms. The van der Waals surface area contributed by atoms with E-state index in [0.717, 1.165) is 11.1 Å². The largest absolute Gasteiger partial charge is 0.378 e. The van der Waals surface area contributed by atoms with Gasteiger partial charge in [0.05, 0.1) is 6.04 Å². The zero-order valence-electron chi connectivity index (χ0n) is 17.6. The Morgan fingerprint density at radius 1 is 0.857 bits per heavy atom. The summed E-state index contributed by atoms with van der Waals surface area (Å²) in [5, 5.41) is 12.2. The Bertz CT molecular complexity index is 771. The summed E-state index contributed by atoms with van der Waals surface area (Å²) >= 11 is 0. The van der Waals surface area contributed by atoms with Crippen LogP contribution in [0, 0.1) is 0 Å². The molecule has 0 aliphatic carbocycles. The number of aliphatic hydroxyl groups is 1. The van der Waals surface area contributed by atoms with Crippen LogP contribution < -0.4 is 0 Å². The highest BCUT2D eigenvalue weighted by Gasteiger charge is 2.47. The van der Waals surface area contributed by atoms with Gasteiger partial charge in [-0.05, 0) is 53.3 Å². The van der Waals surface area contributed by atoms with E-state index >= 15 is 0 Å². The van der Waals surface area contributed by atoms with E-state index in [1.807, 2.05) is 86.8 Å². The fourth-order valence-corrected chi connectivity index (χ4v) is 6.11. The van der Waals surface area contributed by atoms with Crippen LogP contribution in [-0.2, 0) is 10.2 Å². The van der Waals surface area contributed by atoms with Gasteiger partial charge in [0, 0.05) is 0 Å². The molecule has 0 aliphatic rings. The van der Waals surface area contributed by atoms with Crippen LogP contribution in [0.5, 0.6) is 0 Å². The summed E-state index contributed by atoms with van der Waals surface area (Å²) in [6.07, 6.45) is 3.81. The molecule has 152 valence electrons. The van der Waals surface area contributed by atoms with Gasteiger partial charge >= 0.3 is 0 Å². The molecule has 1 N–H and O–H groups in total. The first-order chi connectivity index (χ1) is 13.2. The van der Waals surface area contributed by atoms with Gasteiger partial charge in [0.25, 0.3) is 7.59 Å². The van der Waals surface area contributed by atoms with Gasteiger partial charge in [-0.25, -0.2) is 14.0 Å². The average molecular weight is 401 g/mol. The molecule has 0 saturated heterocycles. The average Bonchev–Trinajstić information content (AvgIpc) is 2.71. The van der Waals surface area contributed by atoms with Crippen LogP contribution in [0.4, 0.5) is 0 Å². The molecule has 0 fully saturated rings. The van der Waals surface area contributed by atoms with Crippen LogP contribution in [0.2, 0.25) is 0 Å². The second-order valence-corrected chi connectivity index (χ2v) is 10.5. The first-order valence-electron chi connectivity index (χ1n) is 9.35. The molecule has 28 heavy (non-hydrogen) atoms. The van der Waals surface area contributed by atoms with Crippen LogP contribution in [0.15, 0.2) is 72.8 Å². The van der Waals surface area contributed by atoms with Crippen LogP contribution in [-0.4, -0.2) is 60.4 Å². The lowest BCUT2D eigenvalue weighted by Gasteiger charge is -2.46. The molecule has 0 amide bonds. The molecule has 2 aromatic rings. The molecule has 2 aromatic carbocycles. The first-order valence-corrected chi connectivity index (χ1v) is 10.9. The van der Waals surface area contributed by atoms with Gasteiger partial charge in [-0.1, -0.05) is 72.8 Å². The number of hydrogen-bond donors (Lipinski definition) is 1. The molecule has 0 aromatic heterocycles. The molecule has 1 atom stereocenters. The number of hydrogen-bond acceptors (Lipinski definition) is 2. The maximum absolute atomic E-state index is 14.0. The number of allylic oxidation sites excluding steroid dienone is 1. The maximum atomic E-state index is 14.0. The quantitative estimate of drug-likeness (QED) is 0.535. The third kappa shape index (κ3) is 4.00. The van der Waals surface area contributed by atoms with E-state index in [1.165, 1.54) is 0 Å². The predicted octanol–water partition coefficient (Wildman–Crippen LogP) is 4.03. The zero-order chi connectivity index (χ0) is 20.9. The Hall–Kier alpha value is -1.75. The Morgan fingerprint density at radius 3 is 1.57 bits per heavy atom. The fraction of sp³-hybridized carbons (Fsp3) is 0.364. The molecule has 0 spiro atoms. The minimum atomic E-state index is -3.09. The van der Waals surface area contributed by atoms with E-state index in [9.17, 15) is 9.67 Å². The minimum absolute atomic E-state index is 0.557. The van der Waals surface area contributed by atoms with Crippen molar-refractivity contribution in [3.8, 4) is 0 Å². The van der Waals surface area contributed by atoms with Crippen LogP contribution in [0.3, 0.4) is 0 Å². The Balaban J connectivity index is 2.75. The maximum Gasteiger partial charge on any atom is 0.286 e. The molecule has 6 heteroatoms. The van der Waals surface area contributed by atoms with Crippen molar-refractivity contribution in [1.29, 1.82) is 0 Å². The highest BCUT2D eigenvalue weighted by Crippen LogP contribution is 2.55. The van der Waals surface area contributed by atoms with Gasteiger partial charge in [-0.3, -0.25) is 4.57 Å². The van der Waals surface area contributed by atoms with Crippen LogP contribution >= 0.6 is 7.59 Å². The SMILES string of the molecule is C/C=C/C(N(C)P(=O)(N(C)C)N(C)C)C(O)(c1ccccc1)c1ccccc1. The van der Waals surface area contributed by atoms with E-state index in [0.29, 0.717) is 0 Å². The summed E-state index contributed by atoms with van der Waals surface area (Å²) in [5.74, 6) is 0. The fourth-order valence-electron chi connectivity index (χ4n) is 3.69. The van der Waals surface area contributed by atoms with Crippen molar-refractivity contribution < 1.29 is 9.67 Å². The summed E-state index contributed by atoms with van der Waals surface area (Å²) in [4.78, 5) is 0. The van der Waals surface area contributed by atoms with Gasteiger partial charge in [0.1, 0.15) is 5.60 Å². The molecular weight excluding hydrogens is 369 g/mol. The predicted molar refractivity (Wildman–Crippen MR) is 117 cm³/mol. The van der Waals surface area contributed by atoms with Crippen molar-refractivity contribution in [2.75, 3.05) is 35.2 Å². The summed E-state index contributed by atoms with van der Waals surface area (Å²) < 4.78 is 19.2. The second kappa shape index (κ2) is 9.17. The molecular formula is C22H32N3O2P. The van der Waals surface area contributed by atoms with E-state index in [-0.39, 0.29) is 0 Å². The second-order valence-electron chi connectivity index (χ2n) is 7.25. The lowest BCUT2D eigenvalue weighted by atomic mass is 9.80. The zero-order valence-corrected chi connectivity index (χ0v) is 18.5. The number of likely N-dealkylation sites (N-methyl/N-ethyl adjacent to an activating group) is 1. The van der Waals surface area contributed by atoms with Gasteiger partial charge in [0.15, 0.2) is 0 Å². The highest BCUT2D eigenvalue weighted by atomic mass is 31.2. The topological polar surface area (TPSA) is 47.0 Å². The van der Waals surface area contributed by atoms with Crippen molar-refractivity contribution in [3.63, 3.8) is 0 Å². The molecule has 0 saturated carbocycles. The Labute approximate surface area is 169 Å². The molecule has 0 heterocycles. The van der Waals surface area contributed by atoms with Gasteiger partial charge in [0.2, 0.25) is 0 Å². The molecule has 5 nitrogen and oxygen atoms in total. The van der Waals surface area contributed by atoms with E-state index < -0.39 is 19.2 Å². The van der Waals surface area contributed by atoms with Crippen molar-refractivity contribution in [2.45, 2.75) is 18.6 Å². The molecule has 2 rings (SSSR count). The summed E-state index contributed by atoms with van der Waals surface area (Å²) in [7, 11) is 5.92. The van der Waals surface area contributed by atoms with Gasteiger partial charge < -0.3 is 5.11 Å². The lowest BCUT2D eigenvalue weighted by molar-refractivity contribution is 0.0293. The van der Waals surface area contributed by atoms with Crippen molar-refractivity contribution in [1.82, 2.24) is 14.0 Å². The number of benzene rings is 2. The van der Waals surface area contributed by atoms with Crippen molar-refractivity contribution in [2.24, 2.45) is 0 Å². The molecule has 0 aliphatic heterocycles. The van der Waals surface area contributed by atoms with Gasteiger partial charge in [-0.15, -0.1) is 0 Å². The standard InChI is InChI=1S/C22H32N3O2P/c1-7-14-21(25(6)28(27,23(2)3)24(4)5)22(26,19-15-10-8-11-16-19)20-17-12-9-13-18-20/h7-18,21,26H,1-6H3/b14-7+. The van der Waals surface area contributed by atoms with Crippen LogP contribution in [0.1, 0.15) is 18.1 Å². The third-order valence-corrected chi connectivity index (χ3v) is 8.24. The number of nitrogens with zero attached hydrogens (tertiary/aromatic N) is 3. The Kier molecular flexibility index (Phi) is 7.38. The normalized spacial score (nSPS) is 14.4. The lowest BCUT2D eigenvalue weighted by Crippen LogP contribution is -2.50. The highest BCUT2D eigenvalue weighted by molar-refractivity contribution is 7.56. The number of rotatable bonds is 8.